The van der Waals surface area contributed by atoms with Gasteiger partial charge in [0.05, 0.1) is 10.2 Å². The molecule has 0 fully saturated rings. The molecule has 2 aromatic carbocycles. The number of aromatic nitrogens is 1. The van der Waals surface area contributed by atoms with Crippen LogP contribution in [0.3, 0.4) is 0 Å². The Morgan fingerprint density at radius 1 is 0.964 bits per heavy atom. The third-order valence-electron chi connectivity index (χ3n) is 4.27. The molecule has 1 heterocycles. The van der Waals surface area contributed by atoms with Crippen molar-refractivity contribution in [2.24, 2.45) is 0 Å². The van der Waals surface area contributed by atoms with Crippen molar-refractivity contribution in [1.29, 1.82) is 0 Å². The Morgan fingerprint density at radius 2 is 1.71 bits per heavy atom. The van der Waals surface area contributed by atoms with Crippen LogP contribution < -0.4 is 5.19 Å². The maximum Gasteiger partial charge on any atom is 0.536 e. The second-order valence-corrected chi connectivity index (χ2v) is 14.0. The van der Waals surface area contributed by atoms with Gasteiger partial charge in [-0.3, -0.25) is 0 Å². The Morgan fingerprint density at radius 3 is 2.39 bits per heavy atom. The van der Waals surface area contributed by atoms with Crippen LogP contribution in [0.15, 0.2) is 51.7 Å². The lowest BCUT2D eigenvalue weighted by molar-refractivity contribution is 0.140. The first kappa shape index (κ1) is 22.2. The van der Waals surface area contributed by atoms with E-state index in [1.54, 1.807) is 64.1 Å². The molecule has 28 heavy (non-hydrogen) atoms. The van der Waals surface area contributed by atoms with Crippen LogP contribution in [-0.4, -0.2) is 35.1 Å². The molecule has 4 nitrogen and oxygen atoms in total. The first-order valence-corrected chi connectivity index (χ1v) is 14.8. The Hall–Kier alpha value is -0.523. The first-order valence-electron chi connectivity index (χ1n) is 8.82. The molecule has 0 unspecified atom stereocenters. The zero-order valence-electron chi connectivity index (χ0n) is 16.3. The largest absolute Gasteiger partial charge is 0.536 e. The minimum atomic E-state index is -2.87. The molecule has 0 atom stereocenters. The van der Waals surface area contributed by atoms with Crippen LogP contribution in [0.5, 0.6) is 0 Å². The summed E-state index contributed by atoms with van der Waals surface area (Å²) in [6.45, 7) is 2.18. The standard InChI is InChI=1S/C19H23NO3S4Si/c1-5-9-14-16(12-8-13-18(14)28(21-2,22-3)23-4)25-27-26-19-20-15-10-6-7-11-17(15)24-19/h6-8,10-13H,5,9H2,1-4H3. The fourth-order valence-electron chi connectivity index (χ4n) is 2.99. The highest BCUT2D eigenvalue weighted by molar-refractivity contribution is 9.09. The summed E-state index contributed by atoms with van der Waals surface area (Å²) in [6.07, 6.45) is 2.00. The summed E-state index contributed by atoms with van der Waals surface area (Å²) in [6, 6.07) is 14.5. The second kappa shape index (κ2) is 10.5. The van der Waals surface area contributed by atoms with Gasteiger partial charge in [0.1, 0.15) is 0 Å². The maximum atomic E-state index is 5.74. The molecule has 3 rings (SSSR count). The van der Waals surface area contributed by atoms with Crippen LogP contribution in [0.2, 0.25) is 0 Å². The Balaban J connectivity index is 1.80. The van der Waals surface area contributed by atoms with Crippen molar-refractivity contribution in [3.8, 4) is 0 Å². The molecule has 0 aliphatic heterocycles. The number of rotatable bonds is 10. The average Bonchev–Trinajstić information content (AvgIpc) is 3.14. The summed E-state index contributed by atoms with van der Waals surface area (Å²) >= 11 is 1.73. The number of benzene rings is 2. The van der Waals surface area contributed by atoms with Gasteiger partial charge in [-0.1, -0.05) is 37.6 Å². The van der Waals surface area contributed by atoms with Crippen LogP contribution in [0, 0.1) is 0 Å². The molecule has 0 N–H and O–H groups in total. The fourth-order valence-corrected chi connectivity index (χ4v) is 10.6. The average molecular weight is 470 g/mol. The number of hydrogen-bond donors (Lipinski definition) is 0. The molecule has 0 amide bonds. The minimum Gasteiger partial charge on any atom is -0.373 e. The summed E-state index contributed by atoms with van der Waals surface area (Å²) in [5, 5.41) is 1.05. The quantitative estimate of drug-likeness (QED) is 0.275. The van der Waals surface area contributed by atoms with Crippen LogP contribution >= 0.6 is 42.8 Å². The van der Waals surface area contributed by atoms with E-state index in [9.17, 15) is 0 Å². The van der Waals surface area contributed by atoms with Gasteiger partial charge in [0, 0.05) is 31.4 Å². The zero-order valence-corrected chi connectivity index (χ0v) is 20.5. The van der Waals surface area contributed by atoms with Gasteiger partial charge in [-0.25, -0.2) is 4.98 Å². The molecule has 9 heteroatoms. The van der Waals surface area contributed by atoms with E-state index in [1.165, 1.54) is 15.2 Å². The van der Waals surface area contributed by atoms with Crippen LogP contribution in [-0.2, 0) is 19.7 Å². The highest BCUT2D eigenvalue weighted by Gasteiger charge is 2.43. The Bertz CT molecular complexity index is 876. The maximum absolute atomic E-state index is 5.74. The molecule has 3 aromatic rings. The molecule has 0 radical (unpaired) electrons. The summed E-state index contributed by atoms with van der Waals surface area (Å²) in [5.41, 5.74) is 2.31. The van der Waals surface area contributed by atoms with Crippen molar-refractivity contribution in [3.63, 3.8) is 0 Å². The van der Waals surface area contributed by atoms with Gasteiger partial charge >= 0.3 is 8.80 Å². The summed E-state index contributed by atoms with van der Waals surface area (Å²) in [4.78, 5) is 5.92. The first-order chi connectivity index (χ1) is 13.7. The van der Waals surface area contributed by atoms with E-state index < -0.39 is 8.80 Å². The van der Waals surface area contributed by atoms with Gasteiger partial charge in [-0.15, -0.1) is 11.3 Å². The molecule has 0 aliphatic rings. The molecular weight excluding hydrogens is 447 g/mol. The molecule has 0 aliphatic carbocycles. The van der Waals surface area contributed by atoms with Crippen LogP contribution in [0.1, 0.15) is 18.9 Å². The number of fused-ring (bicyclic) bond motifs is 1. The molecule has 0 saturated heterocycles. The SMILES string of the molecule is CCCc1c(SSSc2nc3ccccc3s2)cccc1[Si](OC)(OC)OC. The van der Waals surface area contributed by atoms with Crippen LogP contribution in [0.4, 0.5) is 0 Å². The van der Waals surface area contributed by atoms with E-state index in [-0.39, 0.29) is 0 Å². The van der Waals surface area contributed by atoms with Gasteiger partial charge < -0.3 is 13.3 Å². The predicted molar refractivity (Wildman–Crippen MR) is 126 cm³/mol. The van der Waals surface area contributed by atoms with Crippen molar-refractivity contribution >= 4 is 67.0 Å². The third kappa shape index (κ3) is 4.79. The molecule has 0 saturated carbocycles. The topological polar surface area (TPSA) is 40.6 Å². The number of thiazole rings is 1. The van der Waals surface area contributed by atoms with Crippen molar-refractivity contribution in [1.82, 2.24) is 4.98 Å². The van der Waals surface area contributed by atoms with Crippen molar-refractivity contribution in [3.05, 3.63) is 48.0 Å². The van der Waals surface area contributed by atoms with E-state index in [0.29, 0.717) is 0 Å². The minimum absolute atomic E-state index is 0.954. The second-order valence-electron chi connectivity index (χ2n) is 5.88. The van der Waals surface area contributed by atoms with Crippen molar-refractivity contribution in [2.45, 2.75) is 29.0 Å². The van der Waals surface area contributed by atoms with Crippen LogP contribution in [0.25, 0.3) is 10.2 Å². The third-order valence-corrected chi connectivity index (χ3v) is 12.2. The molecule has 1 aromatic heterocycles. The Kier molecular flexibility index (Phi) is 8.30. The molecular formula is C19H23NO3S4Si. The molecule has 150 valence electrons. The monoisotopic (exact) mass is 469 g/mol. The highest BCUT2D eigenvalue weighted by atomic mass is 33.5. The number of para-hydroxylation sites is 1. The number of nitrogens with zero attached hydrogens (tertiary/aromatic N) is 1. The zero-order chi connectivity index (χ0) is 20.0. The highest BCUT2D eigenvalue weighted by Crippen LogP contribution is 2.47. The summed E-state index contributed by atoms with van der Waals surface area (Å²) in [7, 11) is 7.30. The number of hydrogen-bond acceptors (Lipinski definition) is 8. The van der Waals surface area contributed by atoms with Gasteiger partial charge in [0.15, 0.2) is 4.34 Å². The van der Waals surface area contributed by atoms with E-state index in [4.69, 9.17) is 18.3 Å². The lowest BCUT2D eigenvalue weighted by atomic mass is 10.1. The van der Waals surface area contributed by atoms with Gasteiger partial charge in [0.25, 0.3) is 0 Å². The van der Waals surface area contributed by atoms with Gasteiger partial charge in [0.2, 0.25) is 0 Å². The van der Waals surface area contributed by atoms with Crippen molar-refractivity contribution in [2.75, 3.05) is 21.3 Å². The van der Waals surface area contributed by atoms with E-state index >= 15 is 0 Å². The lowest BCUT2D eigenvalue weighted by Crippen LogP contribution is -2.56. The lowest BCUT2D eigenvalue weighted by Gasteiger charge is -2.27. The predicted octanol–water partition coefficient (Wildman–Crippen LogP) is 5.78. The molecule has 0 spiro atoms. The van der Waals surface area contributed by atoms with Crippen molar-refractivity contribution < 1.29 is 13.3 Å². The normalized spacial score (nSPS) is 12.0. The smallest absolute Gasteiger partial charge is 0.373 e. The van der Waals surface area contributed by atoms with E-state index in [1.807, 2.05) is 6.07 Å². The summed E-state index contributed by atoms with van der Waals surface area (Å²) < 4.78 is 19.5. The van der Waals surface area contributed by atoms with Gasteiger partial charge in [-0.2, -0.15) is 0 Å². The molecule has 0 bridgehead atoms. The summed E-state index contributed by atoms with van der Waals surface area (Å²) in [5.74, 6) is 0. The van der Waals surface area contributed by atoms with E-state index in [2.05, 4.69) is 43.3 Å². The van der Waals surface area contributed by atoms with E-state index in [0.717, 1.165) is 27.9 Å². The fraction of sp³-hybridized carbons (Fsp3) is 0.316. The van der Waals surface area contributed by atoms with Gasteiger partial charge in [-0.05, 0) is 61.6 Å². The Labute approximate surface area is 182 Å².